The van der Waals surface area contributed by atoms with E-state index < -0.39 is 0 Å². The largest absolute Gasteiger partial charge is 0.497 e. The Morgan fingerprint density at radius 3 is 2.71 bits per heavy atom. The summed E-state index contributed by atoms with van der Waals surface area (Å²) in [5, 5.41) is 4.33. The molecule has 0 saturated carbocycles. The molecule has 0 radical (unpaired) electrons. The zero-order chi connectivity index (χ0) is 15.0. The van der Waals surface area contributed by atoms with E-state index >= 15 is 0 Å². The zero-order valence-corrected chi connectivity index (χ0v) is 15.1. The van der Waals surface area contributed by atoms with Crippen molar-refractivity contribution in [2.75, 3.05) is 13.7 Å². The van der Waals surface area contributed by atoms with Crippen molar-refractivity contribution in [3.8, 4) is 5.75 Å². The highest BCUT2D eigenvalue weighted by atomic mass is 127. The first-order valence-electron chi connectivity index (χ1n) is 6.44. The molecule has 2 aromatic rings. The van der Waals surface area contributed by atoms with Gasteiger partial charge in [0.1, 0.15) is 16.0 Å². The van der Waals surface area contributed by atoms with Crippen LogP contribution in [0.15, 0.2) is 28.9 Å². The lowest BCUT2D eigenvalue weighted by Crippen LogP contribution is -2.40. The van der Waals surface area contributed by atoms with Gasteiger partial charge in [-0.2, -0.15) is 5.10 Å². The van der Waals surface area contributed by atoms with Crippen molar-refractivity contribution >= 4 is 44.4 Å². The zero-order valence-electron chi connectivity index (χ0n) is 11.3. The molecule has 0 unspecified atom stereocenters. The van der Waals surface area contributed by atoms with Crippen LogP contribution in [-0.4, -0.2) is 34.2 Å². The standard InChI is InChI=1S/C14H13BrIN3O2/c1-21-10-4-2-9(3-5-10)8-18-6-7-19-12(14(18)20)11(16)13(15)17-19/h2-5H,6-8H2,1H3. The normalized spacial score (nSPS) is 14.2. The molecule has 1 aliphatic rings. The number of ether oxygens (including phenoxy) is 1. The van der Waals surface area contributed by atoms with Crippen LogP contribution in [0.4, 0.5) is 0 Å². The number of aromatic nitrogens is 2. The fourth-order valence-electron chi connectivity index (χ4n) is 2.35. The van der Waals surface area contributed by atoms with Crippen molar-refractivity contribution in [2.45, 2.75) is 13.1 Å². The molecular weight excluding hydrogens is 449 g/mol. The Morgan fingerprint density at radius 2 is 2.05 bits per heavy atom. The van der Waals surface area contributed by atoms with Crippen LogP contribution >= 0.6 is 38.5 Å². The van der Waals surface area contributed by atoms with Crippen LogP contribution in [0.3, 0.4) is 0 Å². The van der Waals surface area contributed by atoms with Gasteiger partial charge in [-0.25, -0.2) is 0 Å². The van der Waals surface area contributed by atoms with Crippen molar-refractivity contribution in [3.05, 3.63) is 43.7 Å². The SMILES string of the molecule is COc1ccc(CN2CCn3nc(Br)c(I)c3C2=O)cc1. The maximum absolute atomic E-state index is 12.6. The molecule has 5 nitrogen and oxygen atoms in total. The monoisotopic (exact) mass is 461 g/mol. The lowest BCUT2D eigenvalue weighted by molar-refractivity contribution is 0.0682. The Balaban J connectivity index is 1.81. The molecule has 0 saturated heterocycles. The maximum atomic E-state index is 12.6. The van der Waals surface area contributed by atoms with E-state index in [9.17, 15) is 4.79 Å². The number of nitrogens with zero attached hydrogens (tertiary/aromatic N) is 3. The summed E-state index contributed by atoms with van der Waals surface area (Å²) >= 11 is 5.54. The third kappa shape index (κ3) is 2.80. The van der Waals surface area contributed by atoms with Crippen LogP contribution in [0.2, 0.25) is 0 Å². The fraction of sp³-hybridized carbons (Fsp3) is 0.286. The van der Waals surface area contributed by atoms with Gasteiger partial charge in [-0.1, -0.05) is 12.1 Å². The topological polar surface area (TPSA) is 47.4 Å². The van der Waals surface area contributed by atoms with Gasteiger partial charge in [-0.05, 0) is 56.2 Å². The number of hydrogen-bond acceptors (Lipinski definition) is 3. The van der Waals surface area contributed by atoms with Crippen molar-refractivity contribution in [3.63, 3.8) is 0 Å². The molecule has 110 valence electrons. The summed E-state index contributed by atoms with van der Waals surface area (Å²) in [5.74, 6) is 0.847. The molecule has 2 heterocycles. The number of halogens is 2. The molecule has 3 rings (SSSR count). The molecule has 21 heavy (non-hydrogen) atoms. The fourth-order valence-corrected chi connectivity index (χ4v) is 3.34. The minimum Gasteiger partial charge on any atom is -0.497 e. The molecule has 0 bridgehead atoms. The lowest BCUT2D eigenvalue weighted by Gasteiger charge is -2.27. The molecule has 0 atom stereocenters. The Bertz CT molecular complexity index is 684. The average Bonchev–Trinajstić information content (AvgIpc) is 2.79. The van der Waals surface area contributed by atoms with E-state index in [1.165, 1.54) is 0 Å². The quantitative estimate of drug-likeness (QED) is 0.660. The van der Waals surface area contributed by atoms with E-state index in [0.717, 1.165) is 26.0 Å². The summed E-state index contributed by atoms with van der Waals surface area (Å²) in [6, 6.07) is 7.79. The van der Waals surface area contributed by atoms with Crippen LogP contribution in [0.1, 0.15) is 16.1 Å². The van der Waals surface area contributed by atoms with E-state index in [0.29, 0.717) is 18.8 Å². The summed E-state index contributed by atoms with van der Waals surface area (Å²) in [7, 11) is 1.64. The van der Waals surface area contributed by atoms with E-state index in [1.54, 1.807) is 11.8 Å². The number of methoxy groups -OCH3 is 1. The van der Waals surface area contributed by atoms with Gasteiger partial charge in [0.05, 0.1) is 17.2 Å². The first-order valence-corrected chi connectivity index (χ1v) is 8.31. The molecule has 0 spiro atoms. The Hall–Kier alpha value is -1.09. The molecule has 0 aliphatic carbocycles. The van der Waals surface area contributed by atoms with Gasteiger partial charge in [0, 0.05) is 13.1 Å². The number of carbonyl (C=O) groups is 1. The number of amides is 1. The summed E-state index contributed by atoms with van der Waals surface area (Å²) in [4.78, 5) is 14.4. The van der Waals surface area contributed by atoms with E-state index in [-0.39, 0.29) is 5.91 Å². The second-order valence-electron chi connectivity index (χ2n) is 4.75. The number of fused-ring (bicyclic) bond motifs is 1. The van der Waals surface area contributed by atoms with Crippen LogP contribution < -0.4 is 4.74 Å². The second kappa shape index (κ2) is 5.96. The summed E-state index contributed by atoms with van der Waals surface area (Å²) in [6.07, 6.45) is 0. The lowest BCUT2D eigenvalue weighted by atomic mass is 10.2. The van der Waals surface area contributed by atoms with Crippen LogP contribution in [0.5, 0.6) is 5.75 Å². The van der Waals surface area contributed by atoms with Gasteiger partial charge in [0.25, 0.3) is 5.91 Å². The maximum Gasteiger partial charge on any atom is 0.273 e. The molecule has 1 aliphatic heterocycles. The Morgan fingerprint density at radius 1 is 1.33 bits per heavy atom. The highest BCUT2D eigenvalue weighted by Crippen LogP contribution is 2.26. The van der Waals surface area contributed by atoms with Gasteiger partial charge in [0.2, 0.25) is 0 Å². The average molecular weight is 462 g/mol. The van der Waals surface area contributed by atoms with Crippen molar-refractivity contribution < 1.29 is 9.53 Å². The van der Waals surface area contributed by atoms with Crippen LogP contribution in [-0.2, 0) is 13.1 Å². The third-order valence-corrected chi connectivity index (χ3v) is 5.78. The number of benzene rings is 1. The first kappa shape index (κ1) is 14.8. The first-order chi connectivity index (χ1) is 10.1. The van der Waals surface area contributed by atoms with Crippen LogP contribution in [0, 0.1) is 3.57 Å². The van der Waals surface area contributed by atoms with Gasteiger partial charge in [0.15, 0.2) is 0 Å². The van der Waals surface area contributed by atoms with Gasteiger partial charge in [-0.3, -0.25) is 9.48 Å². The number of carbonyl (C=O) groups excluding carboxylic acids is 1. The van der Waals surface area contributed by atoms with Crippen molar-refractivity contribution in [1.82, 2.24) is 14.7 Å². The molecule has 0 fully saturated rings. The smallest absolute Gasteiger partial charge is 0.273 e. The van der Waals surface area contributed by atoms with Gasteiger partial charge in [-0.15, -0.1) is 0 Å². The third-order valence-electron chi connectivity index (χ3n) is 3.46. The molecular formula is C14H13BrIN3O2. The summed E-state index contributed by atoms with van der Waals surface area (Å²) in [6.45, 7) is 1.99. The number of rotatable bonds is 3. The minimum atomic E-state index is 0.0275. The van der Waals surface area contributed by atoms with E-state index in [2.05, 4.69) is 43.6 Å². The van der Waals surface area contributed by atoms with Crippen molar-refractivity contribution in [2.24, 2.45) is 0 Å². The highest BCUT2D eigenvalue weighted by molar-refractivity contribution is 14.1. The number of hydrogen-bond donors (Lipinski definition) is 0. The minimum absolute atomic E-state index is 0.0275. The second-order valence-corrected chi connectivity index (χ2v) is 6.58. The van der Waals surface area contributed by atoms with E-state index in [4.69, 9.17) is 4.74 Å². The molecule has 1 amide bonds. The predicted molar refractivity (Wildman–Crippen MR) is 90.4 cm³/mol. The van der Waals surface area contributed by atoms with Gasteiger partial charge < -0.3 is 9.64 Å². The summed E-state index contributed by atoms with van der Waals surface area (Å²) in [5.41, 5.74) is 1.76. The molecule has 1 aromatic heterocycles. The molecule has 1 aromatic carbocycles. The van der Waals surface area contributed by atoms with E-state index in [1.807, 2.05) is 29.2 Å². The van der Waals surface area contributed by atoms with Crippen molar-refractivity contribution in [1.29, 1.82) is 0 Å². The van der Waals surface area contributed by atoms with Gasteiger partial charge >= 0.3 is 0 Å². The van der Waals surface area contributed by atoms with Crippen LogP contribution in [0.25, 0.3) is 0 Å². The Labute approximate surface area is 144 Å². The molecule has 7 heteroatoms. The predicted octanol–water partition coefficient (Wildman–Crippen LogP) is 2.91. The highest BCUT2D eigenvalue weighted by Gasteiger charge is 2.29. The Kier molecular flexibility index (Phi) is 4.21. The summed E-state index contributed by atoms with van der Waals surface area (Å²) < 4.78 is 8.53. The molecule has 0 N–H and O–H groups in total.